The number of thioether (sulfide) groups is 1. The first-order valence-corrected chi connectivity index (χ1v) is 7.36. The van der Waals surface area contributed by atoms with Crippen molar-refractivity contribution in [2.75, 3.05) is 12.9 Å². The molecule has 0 fully saturated rings. The fourth-order valence-electron chi connectivity index (χ4n) is 1.91. The minimum absolute atomic E-state index is 0.297. The normalized spacial score (nSPS) is 13.5. The van der Waals surface area contributed by atoms with Gasteiger partial charge < -0.3 is 10.5 Å². The minimum Gasteiger partial charge on any atom is -0.467 e. The number of ether oxygens (including phenoxy) is 1. The van der Waals surface area contributed by atoms with Crippen LogP contribution in [-0.4, -0.2) is 18.8 Å². The van der Waals surface area contributed by atoms with Crippen LogP contribution in [0.1, 0.15) is 5.56 Å². The first-order chi connectivity index (χ1) is 10.1. The number of carbonyl (C=O) groups is 1. The molecule has 0 unspecified atom stereocenters. The van der Waals surface area contributed by atoms with Crippen LogP contribution in [-0.2, 0) is 15.1 Å². The number of esters is 1. The molecule has 0 aliphatic carbocycles. The molecule has 0 saturated carbocycles. The Morgan fingerprint density at radius 3 is 2.38 bits per heavy atom. The number of nitrogens with two attached hydrogens (primary N) is 1. The first kappa shape index (κ1) is 15.5. The van der Waals surface area contributed by atoms with Crippen molar-refractivity contribution in [2.24, 2.45) is 5.73 Å². The maximum Gasteiger partial charge on any atom is 0.331 e. The molecule has 110 valence electrons. The summed E-state index contributed by atoms with van der Waals surface area (Å²) >= 11 is 1.38. The molecular formula is C16H16FNO2S. The molecule has 21 heavy (non-hydrogen) atoms. The van der Waals surface area contributed by atoms with Gasteiger partial charge in [-0.3, -0.25) is 0 Å². The van der Waals surface area contributed by atoms with Crippen molar-refractivity contribution in [3.05, 3.63) is 66.0 Å². The molecule has 0 saturated heterocycles. The predicted octanol–water partition coefficient (Wildman–Crippen LogP) is 2.95. The monoisotopic (exact) mass is 305 g/mol. The topological polar surface area (TPSA) is 52.3 Å². The van der Waals surface area contributed by atoms with Gasteiger partial charge >= 0.3 is 5.97 Å². The molecule has 1 atom stereocenters. The highest BCUT2D eigenvalue weighted by atomic mass is 32.2. The maximum atomic E-state index is 12.9. The molecule has 2 rings (SSSR count). The van der Waals surface area contributed by atoms with Gasteiger partial charge in [0.2, 0.25) is 0 Å². The van der Waals surface area contributed by atoms with Crippen molar-refractivity contribution >= 4 is 17.7 Å². The van der Waals surface area contributed by atoms with Gasteiger partial charge in [0.05, 0.1) is 7.11 Å². The van der Waals surface area contributed by atoms with Gasteiger partial charge in [-0.15, -0.1) is 11.8 Å². The summed E-state index contributed by atoms with van der Waals surface area (Å²) in [7, 11) is 1.31. The zero-order chi connectivity index (χ0) is 15.3. The smallest absolute Gasteiger partial charge is 0.331 e. The average molecular weight is 305 g/mol. The van der Waals surface area contributed by atoms with Crippen molar-refractivity contribution in [3.63, 3.8) is 0 Å². The maximum absolute atomic E-state index is 12.9. The van der Waals surface area contributed by atoms with Gasteiger partial charge in [0.25, 0.3) is 0 Å². The number of carbonyl (C=O) groups excluding carboxylic acids is 1. The Bertz CT molecular complexity index is 603. The summed E-state index contributed by atoms with van der Waals surface area (Å²) < 4.78 is 17.7. The number of halogens is 1. The molecule has 3 nitrogen and oxygen atoms in total. The van der Waals surface area contributed by atoms with E-state index in [1.165, 1.54) is 31.0 Å². The molecule has 2 aromatic rings. The van der Waals surface area contributed by atoms with E-state index in [0.29, 0.717) is 11.3 Å². The number of methoxy groups -OCH3 is 1. The first-order valence-electron chi connectivity index (χ1n) is 6.37. The quantitative estimate of drug-likeness (QED) is 0.681. The van der Waals surface area contributed by atoms with Crippen LogP contribution in [0.4, 0.5) is 4.39 Å². The summed E-state index contributed by atoms with van der Waals surface area (Å²) in [6.07, 6.45) is 0. The van der Waals surface area contributed by atoms with Gasteiger partial charge in [-0.05, 0) is 29.8 Å². The standard InChI is InChI=1S/C16H16FNO2S/c1-20-15(19)16(18,12-5-3-2-4-6-12)11-21-14-9-7-13(17)8-10-14/h2-10H,11,18H2,1H3/t16-/m1/s1. The Kier molecular flexibility index (Phi) is 4.98. The number of hydrogen-bond acceptors (Lipinski definition) is 4. The van der Waals surface area contributed by atoms with Crippen molar-refractivity contribution < 1.29 is 13.9 Å². The summed E-state index contributed by atoms with van der Waals surface area (Å²) in [6.45, 7) is 0. The Morgan fingerprint density at radius 2 is 1.81 bits per heavy atom. The highest BCUT2D eigenvalue weighted by Gasteiger charge is 2.37. The minimum atomic E-state index is -1.24. The van der Waals surface area contributed by atoms with Crippen molar-refractivity contribution in [1.82, 2.24) is 0 Å². The molecule has 0 aromatic heterocycles. The van der Waals surface area contributed by atoms with Gasteiger partial charge in [0.1, 0.15) is 11.4 Å². The van der Waals surface area contributed by atoms with E-state index in [1.54, 1.807) is 24.3 Å². The third kappa shape index (κ3) is 3.62. The van der Waals surface area contributed by atoms with Gasteiger partial charge in [0, 0.05) is 10.6 Å². The third-order valence-electron chi connectivity index (χ3n) is 3.12. The van der Waals surface area contributed by atoms with E-state index in [0.717, 1.165) is 4.90 Å². The van der Waals surface area contributed by atoms with Crippen LogP contribution >= 0.6 is 11.8 Å². The molecule has 0 aliphatic heterocycles. The van der Waals surface area contributed by atoms with E-state index < -0.39 is 11.5 Å². The van der Waals surface area contributed by atoms with Gasteiger partial charge in [-0.1, -0.05) is 30.3 Å². The van der Waals surface area contributed by atoms with E-state index in [2.05, 4.69) is 0 Å². The highest BCUT2D eigenvalue weighted by molar-refractivity contribution is 7.99. The third-order valence-corrected chi connectivity index (χ3v) is 4.32. The lowest BCUT2D eigenvalue weighted by atomic mass is 9.93. The lowest BCUT2D eigenvalue weighted by Crippen LogP contribution is -2.48. The van der Waals surface area contributed by atoms with Crippen LogP contribution in [0.2, 0.25) is 0 Å². The van der Waals surface area contributed by atoms with Crippen LogP contribution < -0.4 is 5.73 Å². The second kappa shape index (κ2) is 6.74. The fraction of sp³-hybridized carbons (Fsp3) is 0.188. The largest absolute Gasteiger partial charge is 0.467 e. The van der Waals surface area contributed by atoms with Gasteiger partial charge in [0.15, 0.2) is 0 Å². The molecule has 0 aliphatic rings. The predicted molar refractivity (Wildman–Crippen MR) is 81.4 cm³/mol. The molecule has 0 bridgehead atoms. The molecule has 2 N–H and O–H groups in total. The summed E-state index contributed by atoms with van der Waals surface area (Å²) in [4.78, 5) is 12.9. The number of benzene rings is 2. The Morgan fingerprint density at radius 1 is 1.19 bits per heavy atom. The van der Waals surface area contributed by atoms with Crippen LogP contribution in [0.25, 0.3) is 0 Å². The van der Waals surface area contributed by atoms with Crippen LogP contribution in [0.5, 0.6) is 0 Å². The molecule has 0 heterocycles. The van der Waals surface area contributed by atoms with Gasteiger partial charge in [-0.2, -0.15) is 0 Å². The Hall–Kier alpha value is -1.85. The van der Waals surface area contributed by atoms with Crippen molar-refractivity contribution in [3.8, 4) is 0 Å². The lowest BCUT2D eigenvalue weighted by molar-refractivity contribution is -0.146. The van der Waals surface area contributed by atoms with E-state index in [1.807, 2.05) is 18.2 Å². The molecule has 0 radical (unpaired) electrons. The van der Waals surface area contributed by atoms with Crippen LogP contribution in [0.3, 0.4) is 0 Å². The van der Waals surface area contributed by atoms with Crippen molar-refractivity contribution in [1.29, 1.82) is 0 Å². The van der Waals surface area contributed by atoms with E-state index in [-0.39, 0.29) is 5.82 Å². The summed E-state index contributed by atoms with van der Waals surface area (Å²) in [5, 5.41) is 0. The highest BCUT2D eigenvalue weighted by Crippen LogP contribution is 2.29. The molecule has 0 spiro atoms. The van der Waals surface area contributed by atoms with E-state index in [4.69, 9.17) is 10.5 Å². The second-order valence-corrected chi connectivity index (χ2v) is 5.62. The molecule has 5 heteroatoms. The van der Waals surface area contributed by atoms with Crippen LogP contribution in [0.15, 0.2) is 59.5 Å². The number of hydrogen-bond donors (Lipinski definition) is 1. The van der Waals surface area contributed by atoms with Crippen LogP contribution in [0, 0.1) is 5.82 Å². The van der Waals surface area contributed by atoms with Crippen molar-refractivity contribution in [2.45, 2.75) is 10.4 Å². The van der Waals surface area contributed by atoms with Gasteiger partial charge in [-0.25, -0.2) is 9.18 Å². The molecule has 2 aromatic carbocycles. The summed E-state index contributed by atoms with van der Waals surface area (Å²) in [6, 6.07) is 15.2. The zero-order valence-corrected chi connectivity index (χ0v) is 12.4. The summed E-state index contributed by atoms with van der Waals surface area (Å²) in [5.74, 6) is -0.493. The molecule has 0 amide bonds. The zero-order valence-electron chi connectivity index (χ0n) is 11.6. The Labute approximate surface area is 127 Å². The molecular weight excluding hydrogens is 289 g/mol. The van der Waals surface area contributed by atoms with E-state index in [9.17, 15) is 9.18 Å². The fourth-order valence-corrected chi connectivity index (χ4v) is 2.91. The second-order valence-electron chi connectivity index (χ2n) is 4.57. The van der Waals surface area contributed by atoms with E-state index >= 15 is 0 Å². The lowest BCUT2D eigenvalue weighted by Gasteiger charge is -2.26. The Balaban J connectivity index is 2.21. The number of rotatable bonds is 5. The SMILES string of the molecule is COC(=O)[C@@](N)(CSc1ccc(F)cc1)c1ccccc1. The summed E-state index contributed by atoms with van der Waals surface area (Å²) in [5.41, 5.74) is 5.73. The average Bonchev–Trinajstić information content (AvgIpc) is 2.54.